The molecule has 0 aliphatic carbocycles. The minimum Gasteiger partial charge on any atom is -0.305 e. The number of nitrogens with one attached hydrogen (secondary N) is 1. The number of aryl methyl sites for hydroxylation is 3. The molecule has 1 aromatic carbocycles. The zero-order valence-electron chi connectivity index (χ0n) is 11.4. The number of benzene rings is 1. The number of thiazole rings is 1. The summed E-state index contributed by atoms with van der Waals surface area (Å²) >= 11 is 1.78. The summed E-state index contributed by atoms with van der Waals surface area (Å²) < 4.78 is 0. The van der Waals surface area contributed by atoms with E-state index in [9.17, 15) is 0 Å². The molecule has 0 bridgehead atoms. The summed E-state index contributed by atoms with van der Waals surface area (Å²) in [6.45, 7) is 9.35. The van der Waals surface area contributed by atoms with E-state index in [1.807, 2.05) is 0 Å². The van der Waals surface area contributed by atoms with E-state index in [4.69, 9.17) is 0 Å². The van der Waals surface area contributed by atoms with Crippen LogP contribution in [0.25, 0.3) is 0 Å². The summed E-state index contributed by atoms with van der Waals surface area (Å²) in [6.07, 6.45) is 0. The Bertz CT molecular complexity index is 514. The molecule has 0 aliphatic heterocycles. The van der Waals surface area contributed by atoms with Crippen molar-refractivity contribution in [1.29, 1.82) is 0 Å². The molecule has 18 heavy (non-hydrogen) atoms. The quantitative estimate of drug-likeness (QED) is 0.901. The largest absolute Gasteiger partial charge is 0.305 e. The first-order chi connectivity index (χ1) is 8.56. The second kappa shape index (κ2) is 5.63. The highest BCUT2D eigenvalue weighted by molar-refractivity contribution is 7.11. The highest BCUT2D eigenvalue weighted by atomic mass is 32.1. The summed E-state index contributed by atoms with van der Waals surface area (Å²) in [5.41, 5.74) is 3.79. The molecular formula is C15H20N2S. The molecule has 1 aromatic heterocycles. The van der Waals surface area contributed by atoms with Gasteiger partial charge < -0.3 is 5.32 Å². The van der Waals surface area contributed by atoms with Crippen LogP contribution in [0.3, 0.4) is 0 Å². The van der Waals surface area contributed by atoms with Gasteiger partial charge in [0.05, 0.1) is 10.7 Å². The summed E-state index contributed by atoms with van der Waals surface area (Å²) in [5.74, 6) is 0. The molecule has 0 saturated carbocycles. The van der Waals surface area contributed by atoms with Crippen LogP contribution in [0, 0.1) is 20.8 Å². The number of hydrogen-bond donors (Lipinski definition) is 1. The molecule has 1 N–H and O–H groups in total. The number of rotatable bonds is 4. The Morgan fingerprint density at radius 1 is 1.17 bits per heavy atom. The summed E-state index contributed by atoms with van der Waals surface area (Å²) in [7, 11) is 0. The third-order valence-electron chi connectivity index (χ3n) is 3.15. The molecule has 0 amide bonds. The Morgan fingerprint density at radius 3 is 2.39 bits per heavy atom. The average molecular weight is 260 g/mol. The maximum Gasteiger partial charge on any atom is 0.0900 e. The van der Waals surface area contributed by atoms with Crippen LogP contribution in [0.15, 0.2) is 24.3 Å². The van der Waals surface area contributed by atoms with E-state index in [0.717, 1.165) is 17.2 Å². The van der Waals surface area contributed by atoms with Crippen LogP contribution in [-0.4, -0.2) is 4.98 Å². The van der Waals surface area contributed by atoms with Crippen LogP contribution in [-0.2, 0) is 6.54 Å². The van der Waals surface area contributed by atoms with Crippen LogP contribution in [0.4, 0.5) is 0 Å². The van der Waals surface area contributed by atoms with Gasteiger partial charge >= 0.3 is 0 Å². The van der Waals surface area contributed by atoms with Crippen molar-refractivity contribution in [3.05, 3.63) is 51.0 Å². The number of nitrogens with zero attached hydrogens (tertiary/aromatic N) is 1. The fourth-order valence-corrected chi connectivity index (χ4v) is 2.84. The van der Waals surface area contributed by atoms with E-state index >= 15 is 0 Å². The standard InChI is InChI=1S/C15H20N2S/c1-10-5-7-14(8-6-10)11(2)16-9-15-12(3)17-13(4)18-15/h5-8,11,16H,9H2,1-4H3. The highest BCUT2D eigenvalue weighted by Gasteiger charge is 2.08. The zero-order chi connectivity index (χ0) is 13.1. The minimum atomic E-state index is 0.368. The van der Waals surface area contributed by atoms with E-state index in [-0.39, 0.29) is 0 Å². The van der Waals surface area contributed by atoms with Crippen molar-refractivity contribution < 1.29 is 0 Å². The maximum atomic E-state index is 4.45. The van der Waals surface area contributed by atoms with Gasteiger partial charge in [-0.2, -0.15) is 0 Å². The van der Waals surface area contributed by atoms with Crippen molar-refractivity contribution in [2.45, 2.75) is 40.3 Å². The van der Waals surface area contributed by atoms with Gasteiger partial charge in [0.1, 0.15) is 0 Å². The Labute approximate surface area is 113 Å². The van der Waals surface area contributed by atoms with Gasteiger partial charge in [-0.15, -0.1) is 11.3 Å². The average Bonchev–Trinajstić information content (AvgIpc) is 2.66. The van der Waals surface area contributed by atoms with Crippen molar-refractivity contribution in [2.24, 2.45) is 0 Å². The van der Waals surface area contributed by atoms with Crippen LogP contribution >= 0.6 is 11.3 Å². The SMILES string of the molecule is Cc1ccc(C(C)NCc2sc(C)nc2C)cc1. The first kappa shape index (κ1) is 13.2. The molecule has 0 fully saturated rings. The molecule has 3 heteroatoms. The molecule has 1 unspecified atom stereocenters. The van der Waals surface area contributed by atoms with E-state index in [2.05, 4.69) is 62.3 Å². The third-order valence-corrected chi connectivity index (χ3v) is 4.22. The summed E-state index contributed by atoms with van der Waals surface area (Å²) in [6, 6.07) is 9.08. The predicted molar refractivity (Wildman–Crippen MR) is 78.0 cm³/mol. The Kier molecular flexibility index (Phi) is 4.15. The van der Waals surface area contributed by atoms with Crippen molar-refractivity contribution in [1.82, 2.24) is 10.3 Å². The van der Waals surface area contributed by atoms with Gasteiger partial charge in [-0.05, 0) is 33.3 Å². The molecule has 0 radical (unpaired) electrons. The molecule has 2 aromatic rings. The molecule has 96 valence electrons. The molecule has 1 atom stereocenters. The van der Waals surface area contributed by atoms with Crippen molar-refractivity contribution >= 4 is 11.3 Å². The van der Waals surface area contributed by atoms with Crippen molar-refractivity contribution in [3.63, 3.8) is 0 Å². The molecule has 0 saturated heterocycles. The molecule has 0 aliphatic rings. The first-order valence-electron chi connectivity index (χ1n) is 6.29. The Balaban J connectivity index is 1.98. The first-order valence-corrected chi connectivity index (χ1v) is 7.11. The molecule has 0 spiro atoms. The summed E-state index contributed by atoms with van der Waals surface area (Å²) in [5, 5.41) is 4.70. The lowest BCUT2D eigenvalue weighted by Gasteiger charge is -2.14. The fourth-order valence-electron chi connectivity index (χ4n) is 1.96. The zero-order valence-corrected chi connectivity index (χ0v) is 12.3. The Morgan fingerprint density at radius 2 is 1.83 bits per heavy atom. The molecule has 2 nitrogen and oxygen atoms in total. The molecule has 2 rings (SSSR count). The number of aromatic nitrogens is 1. The topological polar surface area (TPSA) is 24.9 Å². The van der Waals surface area contributed by atoms with E-state index in [0.29, 0.717) is 6.04 Å². The second-order valence-corrected chi connectivity index (χ2v) is 6.04. The van der Waals surface area contributed by atoms with Crippen molar-refractivity contribution in [3.8, 4) is 0 Å². The lowest BCUT2D eigenvalue weighted by Crippen LogP contribution is -2.17. The van der Waals surface area contributed by atoms with Gasteiger partial charge in [-0.3, -0.25) is 0 Å². The monoisotopic (exact) mass is 260 g/mol. The van der Waals surface area contributed by atoms with Crippen LogP contribution in [0.2, 0.25) is 0 Å². The predicted octanol–water partition coefficient (Wildman–Crippen LogP) is 3.92. The van der Waals surface area contributed by atoms with Gasteiger partial charge in [-0.25, -0.2) is 4.98 Å². The number of hydrogen-bond acceptors (Lipinski definition) is 3. The van der Waals surface area contributed by atoms with Crippen LogP contribution in [0.1, 0.15) is 39.7 Å². The second-order valence-electron chi connectivity index (χ2n) is 4.75. The minimum absolute atomic E-state index is 0.368. The van der Waals surface area contributed by atoms with Crippen molar-refractivity contribution in [2.75, 3.05) is 0 Å². The van der Waals surface area contributed by atoms with E-state index in [1.54, 1.807) is 11.3 Å². The maximum absolute atomic E-state index is 4.45. The normalized spacial score (nSPS) is 12.7. The smallest absolute Gasteiger partial charge is 0.0900 e. The fraction of sp³-hybridized carbons (Fsp3) is 0.400. The van der Waals surface area contributed by atoms with E-state index in [1.165, 1.54) is 16.0 Å². The third kappa shape index (κ3) is 3.18. The van der Waals surface area contributed by atoms with Crippen LogP contribution in [0.5, 0.6) is 0 Å². The van der Waals surface area contributed by atoms with Gasteiger partial charge in [0.15, 0.2) is 0 Å². The van der Waals surface area contributed by atoms with Gasteiger partial charge in [0.2, 0.25) is 0 Å². The molecular weight excluding hydrogens is 240 g/mol. The lowest BCUT2D eigenvalue weighted by molar-refractivity contribution is 0.577. The summed E-state index contributed by atoms with van der Waals surface area (Å²) in [4.78, 5) is 5.79. The van der Waals surface area contributed by atoms with E-state index < -0.39 is 0 Å². The van der Waals surface area contributed by atoms with Crippen LogP contribution < -0.4 is 5.32 Å². The lowest BCUT2D eigenvalue weighted by atomic mass is 10.1. The highest BCUT2D eigenvalue weighted by Crippen LogP contribution is 2.19. The molecule has 1 heterocycles. The van der Waals surface area contributed by atoms with Gasteiger partial charge in [0.25, 0.3) is 0 Å². The van der Waals surface area contributed by atoms with Gasteiger partial charge in [0, 0.05) is 17.5 Å². The Hall–Kier alpha value is -1.19. The van der Waals surface area contributed by atoms with Gasteiger partial charge in [-0.1, -0.05) is 29.8 Å².